The summed E-state index contributed by atoms with van der Waals surface area (Å²) in [6.45, 7) is 4.64. The minimum Gasteiger partial charge on any atom is -0.479 e. The monoisotopic (exact) mass is 323 g/mol. The zero-order chi connectivity index (χ0) is 17.1. The first-order valence-corrected chi connectivity index (χ1v) is 7.25. The minimum absolute atomic E-state index is 0.221. The molecule has 1 amide bonds. The molecule has 23 heavy (non-hydrogen) atoms. The van der Waals surface area contributed by atoms with Gasteiger partial charge in [0.25, 0.3) is 0 Å². The van der Waals surface area contributed by atoms with Gasteiger partial charge in [-0.05, 0) is 20.8 Å². The number of aliphatic carboxylic acids is 1. The zero-order valence-electron chi connectivity index (χ0n) is 13.4. The molecule has 1 aromatic carbocycles. The summed E-state index contributed by atoms with van der Waals surface area (Å²) < 4.78 is 16.1. The molecule has 126 valence electrons. The number of carboxylic acids is 1. The molecule has 0 saturated carbocycles. The van der Waals surface area contributed by atoms with E-state index in [0.717, 1.165) is 5.56 Å². The highest BCUT2D eigenvalue weighted by Gasteiger charge is 2.46. The number of alkyl carbamates (subject to hydrolysis) is 1. The number of carboxylic acid groups (broad SMARTS) is 1. The van der Waals surface area contributed by atoms with Gasteiger partial charge in [-0.3, -0.25) is 0 Å². The fourth-order valence-corrected chi connectivity index (χ4v) is 2.08. The van der Waals surface area contributed by atoms with Crippen LogP contribution in [0.3, 0.4) is 0 Å². The predicted octanol–water partition coefficient (Wildman–Crippen LogP) is 2.08. The lowest BCUT2D eigenvalue weighted by Crippen LogP contribution is -2.63. The van der Waals surface area contributed by atoms with Crippen molar-refractivity contribution in [1.82, 2.24) is 5.32 Å². The number of amides is 1. The van der Waals surface area contributed by atoms with Crippen LogP contribution in [0.1, 0.15) is 32.6 Å². The van der Waals surface area contributed by atoms with Gasteiger partial charge in [0.15, 0.2) is 11.8 Å². The first-order valence-electron chi connectivity index (χ1n) is 7.25. The largest absolute Gasteiger partial charge is 0.479 e. The Bertz CT molecular complexity index is 558. The Hall–Kier alpha value is -2.12. The van der Waals surface area contributed by atoms with Gasteiger partial charge in [-0.2, -0.15) is 0 Å². The second-order valence-electron chi connectivity index (χ2n) is 6.38. The number of ether oxygens (including phenoxy) is 3. The predicted molar refractivity (Wildman–Crippen MR) is 80.8 cm³/mol. The summed E-state index contributed by atoms with van der Waals surface area (Å²) in [5.74, 6) is -1.24. The maximum Gasteiger partial charge on any atom is 0.408 e. The van der Waals surface area contributed by atoms with Crippen LogP contribution in [0, 0.1) is 0 Å². The van der Waals surface area contributed by atoms with E-state index in [-0.39, 0.29) is 13.2 Å². The fourth-order valence-electron chi connectivity index (χ4n) is 2.08. The molecule has 0 unspecified atom stereocenters. The Labute approximate surface area is 134 Å². The van der Waals surface area contributed by atoms with Crippen molar-refractivity contribution < 1.29 is 28.9 Å². The van der Waals surface area contributed by atoms with Crippen molar-refractivity contribution in [3.63, 3.8) is 0 Å². The molecule has 2 rings (SSSR count). The lowest BCUT2D eigenvalue weighted by Gasteiger charge is -2.37. The SMILES string of the molecule is CC(C)(C)OC(=O)NC1(C(=O)O)COC(c2ccccc2)OC1. The number of hydrogen-bond donors (Lipinski definition) is 2. The average molecular weight is 323 g/mol. The Morgan fingerprint density at radius 3 is 2.26 bits per heavy atom. The molecule has 7 nitrogen and oxygen atoms in total. The van der Waals surface area contributed by atoms with Crippen molar-refractivity contribution in [2.45, 2.75) is 38.2 Å². The molecular weight excluding hydrogens is 302 g/mol. The highest BCUT2D eigenvalue weighted by Crippen LogP contribution is 2.27. The summed E-state index contributed by atoms with van der Waals surface area (Å²) in [6.07, 6.45) is -1.49. The lowest BCUT2D eigenvalue weighted by molar-refractivity contribution is -0.221. The molecule has 0 spiro atoms. The molecule has 7 heteroatoms. The maximum atomic E-state index is 11.9. The molecule has 1 aliphatic rings. The highest BCUT2D eigenvalue weighted by molar-refractivity contribution is 5.85. The smallest absolute Gasteiger partial charge is 0.408 e. The molecule has 1 saturated heterocycles. The fraction of sp³-hybridized carbons (Fsp3) is 0.500. The Kier molecular flexibility index (Phi) is 4.91. The molecule has 0 aliphatic carbocycles. The van der Waals surface area contributed by atoms with Gasteiger partial charge >= 0.3 is 12.1 Å². The topological polar surface area (TPSA) is 94.1 Å². The normalized spacial score (nSPS) is 24.7. The van der Waals surface area contributed by atoms with Crippen LogP contribution >= 0.6 is 0 Å². The summed E-state index contributed by atoms with van der Waals surface area (Å²) in [7, 11) is 0. The van der Waals surface area contributed by atoms with Crippen molar-refractivity contribution >= 4 is 12.1 Å². The summed E-state index contributed by atoms with van der Waals surface area (Å²) in [4.78, 5) is 23.5. The van der Waals surface area contributed by atoms with E-state index >= 15 is 0 Å². The number of carbonyl (C=O) groups is 2. The molecule has 0 radical (unpaired) electrons. The van der Waals surface area contributed by atoms with Crippen LogP contribution in [0.15, 0.2) is 30.3 Å². The van der Waals surface area contributed by atoms with Crippen molar-refractivity contribution in [2.75, 3.05) is 13.2 Å². The van der Waals surface area contributed by atoms with E-state index in [1.807, 2.05) is 30.3 Å². The molecule has 1 fully saturated rings. The second-order valence-corrected chi connectivity index (χ2v) is 6.38. The van der Waals surface area contributed by atoms with E-state index in [0.29, 0.717) is 0 Å². The molecule has 1 heterocycles. The van der Waals surface area contributed by atoms with Gasteiger partial charge in [-0.1, -0.05) is 30.3 Å². The third-order valence-corrected chi connectivity index (χ3v) is 3.18. The quantitative estimate of drug-likeness (QED) is 0.884. The zero-order valence-corrected chi connectivity index (χ0v) is 13.4. The van der Waals surface area contributed by atoms with Crippen molar-refractivity contribution in [1.29, 1.82) is 0 Å². The van der Waals surface area contributed by atoms with Gasteiger partial charge < -0.3 is 24.6 Å². The van der Waals surface area contributed by atoms with Gasteiger partial charge in [0.1, 0.15) is 5.60 Å². The summed E-state index contributed by atoms with van der Waals surface area (Å²) >= 11 is 0. The number of carbonyl (C=O) groups excluding carboxylic acids is 1. The number of nitrogens with one attached hydrogen (secondary N) is 1. The van der Waals surface area contributed by atoms with Gasteiger partial charge in [-0.25, -0.2) is 9.59 Å². The molecule has 0 bridgehead atoms. The Morgan fingerprint density at radius 2 is 1.78 bits per heavy atom. The molecule has 2 N–H and O–H groups in total. The number of rotatable bonds is 3. The highest BCUT2D eigenvalue weighted by atomic mass is 16.7. The first-order chi connectivity index (χ1) is 10.7. The maximum absolute atomic E-state index is 11.9. The van der Waals surface area contributed by atoms with E-state index in [9.17, 15) is 14.7 Å². The van der Waals surface area contributed by atoms with Crippen LogP contribution in [-0.2, 0) is 19.0 Å². The minimum atomic E-state index is -1.67. The van der Waals surface area contributed by atoms with Crippen molar-refractivity contribution in [3.05, 3.63) is 35.9 Å². The second kappa shape index (κ2) is 6.55. The van der Waals surface area contributed by atoms with Crippen LogP contribution in [0.25, 0.3) is 0 Å². The van der Waals surface area contributed by atoms with Gasteiger partial charge in [0.05, 0.1) is 13.2 Å². The Morgan fingerprint density at radius 1 is 1.22 bits per heavy atom. The number of hydrogen-bond acceptors (Lipinski definition) is 5. The lowest BCUT2D eigenvalue weighted by atomic mass is 10.0. The van der Waals surface area contributed by atoms with Crippen LogP contribution in [-0.4, -0.2) is 41.5 Å². The van der Waals surface area contributed by atoms with E-state index in [1.165, 1.54) is 0 Å². The van der Waals surface area contributed by atoms with E-state index in [1.54, 1.807) is 20.8 Å². The van der Waals surface area contributed by atoms with E-state index in [4.69, 9.17) is 14.2 Å². The van der Waals surface area contributed by atoms with Crippen LogP contribution in [0.2, 0.25) is 0 Å². The first kappa shape index (κ1) is 17.2. The summed E-state index contributed by atoms with van der Waals surface area (Å²) in [6, 6.07) is 9.16. The number of benzene rings is 1. The molecular formula is C16H21NO6. The average Bonchev–Trinajstić information content (AvgIpc) is 2.46. The van der Waals surface area contributed by atoms with Crippen LogP contribution in [0.4, 0.5) is 4.79 Å². The van der Waals surface area contributed by atoms with Gasteiger partial charge in [-0.15, -0.1) is 0 Å². The van der Waals surface area contributed by atoms with Crippen molar-refractivity contribution in [3.8, 4) is 0 Å². The van der Waals surface area contributed by atoms with E-state index < -0.39 is 29.5 Å². The molecule has 1 aliphatic heterocycles. The molecule has 0 atom stereocenters. The van der Waals surface area contributed by atoms with Crippen LogP contribution in [0.5, 0.6) is 0 Å². The molecule has 0 aromatic heterocycles. The Balaban J connectivity index is 2.04. The van der Waals surface area contributed by atoms with Crippen molar-refractivity contribution in [2.24, 2.45) is 0 Å². The van der Waals surface area contributed by atoms with Crippen LogP contribution < -0.4 is 5.32 Å². The van der Waals surface area contributed by atoms with Gasteiger partial charge in [0, 0.05) is 5.56 Å². The summed E-state index contributed by atoms with van der Waals surface area (Å²) in [5, 5.41) is 11.8. The van der Waals surface area contributed by atoms with E-state index in [2.05, 4.69) is 5.32 Å². The molecule has 1 aromatic rings. The third-order valence-electron chi connectivity index (χ3n) is 3.18. The standard InChI is InChI=1S/C16H21NO6/c1-15(2,3)23-14(20)17-16(13(18)19)9-21-12(22-10-16)11-7-5-4-6-8-11/h4-8,12H,9-10H2,1-3H3,(H,17,20)(H,18,19). The third kappa shape index (κ3) is 4.43. The van der Waals surface area contributed by atoms with Gasteiger partial charge in [0.2, 0.25) is 0 Å². The summed E-state index contributed by atoms with van der Waals surface area (Å²) in [5.41, 5.74) is -1.62.